The molecular formula is C19H25N5O2. The van der Waals surface area contributed by atoms with E-state index in [1.807, 2.05) is 29.2 Å². The minimum absolute atomic E-state index is 0.0314. The number of carbonyl (C=O) groups is 1. The number of anilines is 1. The van der Waals surface area contributed by atoms with E-state index in [1.54, 1.807) is 20.1 Å². The first kappa shape index (κ1) is 18.1. The Morgan fingerprint density at radius 2 is 1.85 bits per heavy atom. The molecule has 1 aliphatic heterocycles. The van der Waals surface area contributed by atoms with Crippen LogP contribution in [0.2, 0.25) is 0 Å². The number of amides is 1. The van der Waals surface area contributed by atoms with Gasteiger partial charge in [-0.05, 0) is 31.7 Å². The number of carbonyl (C=O) groups excluding carboxylic acids is 1. The average molecular weight is 355 g/mol. The average Bonchev–Trinajstić information content (AvgIpc) is 2.66. The van der Waals surface area contributed by atoms with Crippen LogP contribution < -0.4 is 10.1 Å². The molecule has 2 heterocycles. The summed E-state index contributed by atoms with van der Waals surface area (Å²) in [5.74, 6) is 2.04. The Morgan fingerprint density at radius 3 is 2.50 bits per heavy atom. The zero-order chi connectivity index (χ0) is 18.5. The van der Waals surface area contributed by atoms with Gasteiger partial charge < -0.3 is 19.9 Å². The van der Waals surface area contributed by atoms with Crippen LogP contribution in [0.15, 0.2) is 30.3 Å². The van der Waals surface area contributed by atoms with Gasteiger partial charge in [0.25, 0.3) is 5.91 Å². The van der Waals surface area contributed by atoms with Crippen molar-refractivity contribution in [2.45, 2.75) is 13.5 Å². The van der Waals surface area contributed by atoms with Gasteiger partial charge in [-0.15, -0.1) is 0 Å². The largest absolute Gasteiger partial charge is 0.497 e. The quantitative estimate of drug-likeness (QED) is 0.882. The molecular weight excluding hydrogens is 330 g/mol. The third kappa shape index (κ3) is 4.49. The first-order valence-electron chi connectivity index (χ1n) is 8.75. The molecule has 1 N–H and O–H groups in total. The number of nitrogens with zero attached hydrogens (tertiary/aromatic N) is 4. The normalized spacial score (nSPS) is 15.0. The van der Waals surface area contributed by atoms with E-state index in [4.69, 9.17) is 4.74 Å². The Balaban J connectivity index is 1.67. The molecule has 1 aromatic heterocycles. The van der Waals surface area contributed by atoms with Crippen molar-refractivity contribution in [1.82, 2.24) is 19.8 Å². The van der Waals surface area contributed by atoms with E-state index in [0.717, 1.165) is 37.5 Å². The Hall–Kier alpha value is -2.67. The van der Waals surface area contributed by atoms with Crippen LogP contribution in [0.3, 0.4) is 0 Å². The maximum Gasteiger partial charge on any atom is 0.272 e. The summed E-state index contributed by atoms with van der Waals surface area (Å²) < 4.78 is 5.17. The molecule has 0 spiro atoms. The Kier molecular flexibility index (Phi) is 5.68. The fourth-order valence-electron chi connectivity index (χ4n) is 2.88. The van der Waals surface area contributed by atoms with Crippen molar-refractivity contribution < 1.29 is 9.53 Å². The van der Waals surface area contributed by atoms with Gasteiger partial charge in [0, 0.05) is 38.8 Å². The summed E-state index contributed by atoms with van der Waals surface area (Å²) in [6.45, 7) is 5.65. The predicted molar refractivity (Wildman–Crippen MR) is 100 cm³/mol. The number of aromatic nitrogens is 2. The fraction of sp³-hybridized carbons (Fsp3) is 0.421. The Morgan fingerprint density at radius 1 is 1.15 bits per heavy atom. The van der Waals surface area contributed by atoms with Crippen LogP contribution in [0.1, 0.15) is 21.9 Å². The molecule has 1 aromatic carbocycles. The third-order valence-corrected chi connectivity index (χ3v) is 4.48. The van der Waals surface area contributed by atoms with Crippen molar-refractivity contribution in [3.63, 3.8) is 0 Å². The maximum atomic E-state index is 12.7. The molecule has 1 fully saturated rings. The van der Waals surface area contributed by atoms with Crippen molar-refractivity contribution in [1.29, 1.82) is 0 Å². The van der Waals surface area contributed by atoms with Crippen LogP contribution in [0.25, 0.3) is 0 Å². The van der Waals surface area contributed by atoms with Crippen LogP contribution in [0, 0.1) is 6.92 Å². The molecule has 0 saturated carbocycles. The van der Waals surface area contributed by atoms with E-state index in [9.17, 15) is 4.79 Å². The van der Waals surface area contributed by atoms with Crippen molar-refractivity contribution in [2.24, 2.45) is 0 Å². The molecule has 2 aromatic rings. The zero-order valence-corrected chi connectivity index (χ0v) is 15.5. The second kappa shape index (κ2) is 8.14. The molecule has 26 heavy (non-hydrogen) atoms. The van der Waals surface area contributed by atoms with E-state index in [-0.39, 0.29) is 5.91 Å². The second-order valence-corrected chi connectivity index (χ2v) is 6.48. The van der Waals surface area contributed by atoms with Crippen molar-refractivity contribution in [3.05, 3.63) is 47.4 Å². The molecule has 138 valence electrons. The van der Waals surface area contributed by atoms with Crippen LogP contribution in [0.5, 0.6) is 5.75 Å². The van der Waals surface area contributed by atoms with Gasteiger partial charge in [-0.2, -0.15) is 0 Å². The van der Waals surface area contributed by atoms with Gasteiger partial charge in [0.15, 0.2) is 0 Å². The molecule has 7 nitrogen and oxygen atoms in total. The number of benzene rings is 1. The molecule has 0 aliphatic carbocycles. The molecule has 1 aliphatic rings. The van der Waals surface area contributed by atoms with Gasteiger partial charge in [0.05, 0.1) is 7.11 Å². The number of hydrogen-bond donors (Lipinski definition) is 1. The Bertz CT molecular complexity index is 755. The van der Waals surface area contributed by atoms with Crippen LogP contribution in [-0.4, -0.2) is 66.0 Å². The van der Waals surface area contributed by atoms with E-state index >= 15 is 0 Å². The lowest BCUT2D eigenvalue weighted by Gasteiger charge is -2.32. The summed E-state index contributed by atoms with van der Waals surface area (Å²) in [4.78, 5) is 25.5. The third-order valence-electron chi connectivity index (χ3n) is 4.48. The smallest absolute Gasteiger partial charge is 0.272 e. The summed E-state index contributed by atoms with van der Waals surface area (Å²) in [6.07, 6.45) is 0. The van der Waals surface area contributed by atoms with E-state index in [0.29, 0.717) is 23.9 Å². The lowest BCUT2D eigenvalue weighted by Crippen LogP contribution is -2.47. The molecule has 1 saturated heterocycles. The van der Waals surface area contributed by atoms with Gasteiger partial charge in [0.2, 0.25) is 0 Å². The highest BCUT2D eigenvalue weighted by Crippen LogP contribution is 2.14. The van der Waals surface area contributed by atoms with Crippen molar-refractivity contribution in [2.75, 3.05) is 45.7 Å². The molecule has 1 amide bonds. The molecule has 0 atom stereocenters. The summed E-state index contributed by atoms with van der Waals surface area (Å²) >= 11 is 0. The number of aryl methyl sites for hydroxylation is 1. The summed E-state index contributed by atoms with van der Waals surface area (Å²) in [6, 6.07) is 9.57. The first-order chi connectivity index (χ1) is 12.5. The van der Waals surface area contributed by atoms with Gasteiger partial charge in [-0.1, -0.05) is 12.1 Å². The first-order valence-corrected chi connectivity index (χ1v) is 8.75. The summed E-state index contributed by atoms with van der Waals surface area (Å²) in [5.41, 5.74) is 1.55. The van der Waals surface area contributed by atoms with Gasteiger partial charge in [0.1, 0.15) is 23.1 Å². The van der Waals surface area contributed by atoms with Crippen molar-refractivity contribution >= 4 is 11.7 Å². The lowest BCUT2D eigenvalue weighted by atomic mass is 10.2. The molecule has 3 rings (SSSR count). The SMILES string of the molecule is COc1ccc(CNc2cc(C(=O)N3CCN(C)CC3)nc(C)n2)cc1. The van der Waals surface area contributed by atoms with Gasteiger partial charge >= 0.3 is 0 Å². The topological polar surface area (TPSA) is 70.6 Å². The highest BCUT2D eigenvalue weighted by Gasteiger charge is 2.22. The predicted octanol–water partition coefficient (Wildman–Crippen LogP) is 1.79. The monoisotopic (exact) mass is 355 g/mol. The Labute approximate surface area is 154 Å². The lowest BCUT2D eigenvalue weighted by molar-refractivity contribution is 0.0658. The number of ether oxygens (including phenoxy) is 1. The minimum Gasteiger partial charge on any atom is -0.497 e. The second-order valence-electron chi connectivity index (χ2n) is 6.48. The maximum absolute atomic E-state index is 12.7. The van der Waals surface area contributed by atoms with Gasteiger partial charge in [-0.25, -0.2) is 9.97 Å². The van der Waals surface area contributed by atoms with Crippen LogP contribution in [-0.2, 0) is 6.54 Å². The highest BCUT2D eigenvalue weighted by atomic mass is 16.5. The molecule has 0 bridgehead atoms. The van der Waals surface area contributed by atoms with Crippen LogP contribution >= 0.6 is 0 Å². The number of methoxy groups -OCH3 is 1. The van der Waals surface area contributed by atoms with Crippen LogP contribution in [0.4, 0.5) is 5.82 Å². The van der Waals surface area contributed by atoms with Crippen molar-refractivity contribution in [3.8, 4) is 5.75 Å². The molecule has 0 unspecified atom stereocenters. The van der Waals surface area contributed by atoms with E-state index in [1.165, 1.54) is 0 Å². The van der Waals surface area contributed by atoms with Gasteiger partial charge in [-0.3, -0.25) is 4.79 Å². The van der Waals surface area contributed by atoms with E-state index < -0.39 is 0 Å². The number of likely N-dealkylation sites (N-methyl/N-ethyl adjacent to an activating group) is 1. The standard InChI is InChI=1S/C19H25N5O2/c1-14-21-17(19(25)24-10-8-23(2)9-11-24)12-18(22-14)20-13-15-4-6-16(26-3)7-5-15/h4-7,12H,8-11,13H2,1-3H3,(H,20,21,22). The zero-order valence-electron chi connectivity index (χ0n) is 15.5. The fourth-order valence-corrected chi connectivity index (χ4v) is 2.88. The minimum atomic E-state index is -0.0314. The van der Waals surface area contributed by atoms with E-state index in [2.05, 4.69) is 27.2 Å². The molecule has 0 radical (unpaired) electrons. The number of hydrogen-bond acceptors (Lipinski definition) is 6. The summed E-state index contributed by atoms with van der Waals surface area (Å²) in [7, 11) is 3.72. The number of piperazine rings is 1. The number of rotatable bonds is 5. The number of nitrogens with one attached hydrogen (secondary N) is 1. The molecule has 7 heteroatoms. The highest BCUT2D eigenvalue weighted by molar-refractivity contribution is 5.93. The summed E-state index contributed by atoms with van der Waals surface area (Å²) in [5, 5.41) is 3.27.